The predicted molar refractivity (Wildman–Crippen MR) is 70.5 cm³/mol. The molecule has 3 rings (SSSR count). The van der Waals surface area contributed by atoms with Crippen molar-refractivity contribution in [3.8, 4) is 0 Å². The number of aryl methyl sites for hydroxylation is 2. The van der Waals surface area contributed by atoms with Crippen LogP contribution in [0.1, 0.15) is 16.7 Å². The standard InChI is InChI=1S/C13H14N2S/c1-9-3-4-11(10(2)7-9)12-8-15-6-5-14-13(15)16-12/h3-4,7-8H,5-6H2,1-2H3. The van der Waals surface area contributed by atoms with Gasteiger partial charge in [0, 0.05) is 17.6 Å². The number of rotatable bonds is 1. The van der Waals surface area contributed by atoms with E-state index in [1.54, 1.807) is 11.8 Å². The van der Waals surface area contributed by atoms with E-state index >= 15 is 0 Å². The van der Waals surface area contributed by atoms with Crippen molar-refractivity contribution in [3.05, 3.63) is 41.1 Å². The fraction of sp³-hybridized carbons (Fsp3) is 0.308. The van der Waals surface area contributed by atoms with Crippen molar-refractivity contribution in [3.63, 3.8) is 0 Å². The number of benzene rings is 1. The van der Waals surface area contributed by atoms with Crippen LogP contribution in [0.3, 0.4) is 0 Å². The highest BCUT2D eigenvalue weighted by Gasteiger charge is 2.25. The van der Waals surface area contributed by atoms with Gasteiger partial charge < -0.3 is 4.90 Å². The number of nitrogens with zero attached hydrogens (tertiary/aromatic N) is 2. The molecular weight excluding hydrogens is 216 g/mol. The smallest absolute Gasteiger partial charge is 0.168 e. The van der Waals surface area contributed by atoms with Crippen LogP contribution in [0, 0.1) is 13.8 Å². The third kappa shape index (κ3) is 1.55. The van der Waals surface area contributed by atoms with Crippen molar-refractivity contribution in [1.82, 2.24) is 4.90 Å². The third-order valence-electron chi connectivity index (χ3n) is 2.96. The van der Waals surface area contributed by atoms with E-state index in [1.807, 2.05) is 0 Å². The quantitative estimate of drug-likeness (QED) is 0.737. The summed E-state index contributed by atoms with van der Waals surface area (Å²) in [5.41, 5.74) is 4.01. The highest BCUT2D eigenvalue weighted by molar-refractivity contribution is 8.22. The third-order valence-corrected chi connectivity index (χ3v) is 4.05. The molecule has 0 bridgehead atoms. The van der Waals surface area contributed by atoms with Crippen molar-refractivity contribution < 1.29 is 0 Å². The topological polar surface area (TPSA) is 15.6 Å². The van der Waals surface area contributed by atoms with E-state index in [1.165, 1.54) is 21.6 Å². The summed E-state index contributed by atoms with van der Waals surface area (Å²) in [5, 5.41) is 1.16. The maximum Gasteiger partial charge on any atom is 0.168 e. The molecule has 0 N–H and O–H groups in total. The number of hydrogen-bond donors (Lipinski definition) is 0. The molecule has 0 unspecified atom stereocenters. The summed E-state index contributed by atoms with van der Waals surface area (Å²) in [6.07, 6.45) is 2.23. The molecule has 3 heteroatoms. The molecule has 16 heavy (non-hydrogen) atoms. The van der Waals surface area contributed by atoms with Gasteiger partial charge in [0.05, 0.1) is 6.54 Å². The lowest BCUT2D eigenvalue weighted by molar-refractivity contribution is 0.626. The van der Waals surface area contributed by atoms with E-state index in [-0.39, 0.29) is 0 Å². The average molecular weight is 230 g/mol. The van der Waals surface area contributed by atoms with Gasteiger partial charge >= 0.3 is 0 Å². The largest absolute Gasteiger partial charge is 0.325 e. The van der Waals surface area contributed by atoms with E-state index in [0.717, 1.165) is 18.3 Å². The van der Waals surface area contributed by atoms with Gasteiger partial charge in [-0.1, -0.05) is 23.8 Å². The number of aliphatic imine (C=N–C) groups is 1. The fourth-order valence-corrected chi connectivity index (χ4v) is 3.26. The molecule has 0 saturated heterocycles. The van der Waals surface area contributed by atoms with Gasteiger partial charge in [0.25, 0.3) is 0 Å². The highest BCUT2D eigenvalue weighted by atomic mass is 32.2. The zero-order valence-electron chi connectivity index (χ0n) is 9.53. The maximum atomic E-state index is 4.47. The Morgan fingerprint density at radius 1 is 1.31 bits per heavy atom. The summed E-state index contributed by atoms with van der Waals surface area (Å²) in [6.45, 7) is 6.29. The number of hydrogen-bond acceptors (Lipinski definition) is 3. The molecule has 1 aromatic carbocycles. The van der Waals surface area contributed by atoms with E-state index in [2.05, 4.69) is 48.1 Å². The molecule has 2 aliphatic heterocycles. The minimum Gasteiger partial charge on any atom is -0.325 e. The summed E-state index contributed by atoms with van der Waals surface area (Å²) in [5.74, 6) is 0. The molecule has 0 aromatic heterocycles. The minimum atomic E-state index is 0.943. The van der Waals surface area contributed by atoms with E-state index in [9.17, 15) is 0 Å². The second-order valence-corrected chi connectivity index (χ2v) is 5.28. The van der Waals surface area contributed by atoms with Gasteiger partial charge in [-0.05, 0) is 36.7 Å². The Morgan fingerprint density at radius 3 is 2.94 bits per heavy atom. The minimum absolute atomic E-state index is 0.943. The lowest BCUT2D eigenvalue weighted by Crippen LogP contribution is -2.14. The van der Waals surface area contributed by atoms with Crippen LogP contribution in [0.2, 0.25) is 0 Å². The molecule has 0 saturated carbocycles. The Balaban J connectivity index is 1.97. The summed E-state index contributed by atoms with van der Waals surface area (Å²) < 4.78 is 0. The summed E-state index contributed by atoms with van der Waals surface area (Å²) in [7, 11) is 0. The molecule has 0 spiro atoms. The SMILES string of the molecule is Cc1ccc(C2=CN3CCN=C3S2)c(C)c1. The summed E-state index contributed by atoms with van der Waals surface area (Å²) >= 11 is 1.79. The molecule has 1 aromatic rings. The summed E-state index contributed by atoms with van der Waals surface area (Å²) in [4.78, 5) is 8.05. The monoisotopic (exact) mass is 230 g/mol. The van der Waals surface area contributed by atoms with Gasteiger partial charge in [-0.25, -0.2) is 0 Å². The molecule has 2 aliphatic rings. The predicted octanol–water partition coefficient (Wildman–Crippen LogP) is 3.02. The Hall–Kier alpha value is -1.22. The molecule has 0 aliphatic carbocycles. The van der Waals surface area contributed by atoms with Gasteiger partial charge in [-0.3, -0.25) is 4.99 Å². The molecule has 0 radical (unpaired) electrons. The zero-order chi connectivity index (χ0) is 11.1. The second-order valence-electron chi connectivity index (χ2n) is 4.27. The van der Waals surface area contributed by atoms with Crippen LogP contribution in [-0.4, -0.2) is 23.2 Å². The Kier molecular flexibility index (Phi) is 2.28. The fourth-order valence-electron chi connectivity index (χ4n) is 2.13. The van der Waals surface area contributed by atoms with Crippen LogP contribution in [0.4, 0.5) is 0 Å². The van der Waals surface area contributed by atoms with E-state index in [4.69, 9.17) is 0 Å². The Bertz CT molecular complexity index is 503. The molecule has 2 heterocycles. The van der Waals surface area contributed by atoms with Crippen LogP contribution in [0.5, 0.6) is 0 Å². The van der Waals surface area contributed by atoms with Gasteiger partial charge in [-0.2, -0.15) is 0 Å². The number of fused-ring (bicyclic) bond motifs is 1. The first-order valence-corrected chi connectivity index (χ1v) is 6.34. The van der Waals surface area contributed by atoms with Crippen LogP contribution < -0.4 is 0 Å². The molecule has 0 amide bonds. The van der Waals surface area contributed by atoms with Crippen LogP contribution in [0.25, 0.3) is 4.91 Å². The first kappa shape index (κ1) is 9.97. The van der Waals surface area contributed by atoms with Crippen LogP contribution >= 0.6 is 11.8 Å². The van der Waals surface area contributed by atoms with Crippen molar-refractivity contribution in [2.45, 2.75) is 13.8 Å². The van der Waals surface area contributed by atoms with Crippen molar-refractivity contribution >= 4 is 21.8 Å². The molecule has 82 valence electrons. The van der Waals surface area contributed by atoms with Crippen LogP contribution in [0.15, 0.2) is 29.4 Å². The van der Waals surface area contributed by atoms with Gasteiger partial charge in [0.15, 0.2) is 5.17 Å². The zero-order valence-corrected chi connectivity index (χ0v) is 10.3. The van der Waals surface area contributed by atoms with Gasteiger partial charge in [0.2, 0.25) is 0 Å². The van der Waals surface area contributed by atoms with Crippen molar-refractivity contribution in [2.24, 2.45) is 4.99 Å². The average Bonchev–Trinajstić information content (AvgIpc) is 2.76. The van der Waals surface area contributed by atoms with Crippen LogP contribution in [-0.2, 0) is 0 Å². The Labute approximate surface area is 100 Å². The van der Waals surface area contributed by atoms with Crippen molar-refractivity contribution in [2.75, 3.05) is 13.1 Å². The first-order chi connectivity index (χ1) is 7.74. The lowest BCUT2D eigenvalue weighted by atomic mass is 10.1. The van der Waals surface area contributed by atoms with Crippen molar-refractivity contribution in [1.29, 1.82) is 0 Å². The Morgan fingerprint density at radius 2 is 2.19 bits per heavy atom. The van der Waals surface area contributed by atoms with Gasteiger partial charge in [0.1, 0.15) is 0 Å². The second kappa shape index (κ2) is 3.67. The van der Waals surface area contributed by atoms with E-state index < -0.39 is 0 Å². The van der Waals surface area contributed by atoms with E-state index in [0.29, 0.717) is 0 Å². The maximum absolute atomic E-state index is 4.47. The first-order valence-electron chi connectivity index (χ1n) is 5.52. The number of thioether (sulfide) groups is 1. The number of amidine groups is 1. The molecule has 0 fully saturated rings. The molecular formula is C13H14N2S. The molecule has 0 atom stereocenters. The molecule has 2 nitrogen and oxygen atoms in total. The van der Waals surface area contributed by atoms with Gasteiger partial charge in [-0.15, -0.1) is 0 Å². The lowest BCUT2D eigenvalue weighted by Gasteiger charge is -2.06. The highest BCUT2D eigenvalue weighted by Crippen LogP contribution is 2.38. The normalized spacial score (nSPS) is 18.5. The summed E-state index contributed by atoms with van der Waals surface area (Å²) in [6, 6.07) is 6.63.